The van der Waals surface area contributed by atoms with E-state index in [1.54, 1.807) is 33.9 Å². The third kappa shape index (κ3) is 7.67. The lowest BCUT2D eigenvalue weighted by Gasteiger charge is -2.48. The normalized spacial score (nSPS) is 23.0. The molecule has 1 aliphatic heterocycles. The van der Waals surface area contributed by atoms with Gasteiger partial charge in [-0.25, -0.2) is 14.8 Å². The van der Waals surface area contributed by atoms with Gasteiger partial charge in [0, 0.05) is 61.4 Å². The highest BCUT2D eigenvalue weighted by Gasteiger charge is 2.44. The van der Waals surface area contributed by atoms with Crippen LogP contribution in [0.2, 0.25) is 0 Å². The summed E-state index contributed by atoms with van der Waals surface area (Å²) >= 11 is 0. The lowest BCUT2D eigenvalue weighted by molar-refractivity contribution is -0.149. The molecule has 10 nitrogen and oxygen atoms in total. The first-order valence-electron chi connectivity index (χ1n) is 15.6. The van der Waals surface area contributed by atoms with Gasteiger partial charge in [0.2, 0.25) is 5.95 Å². The van der Waals surface area contributed by atoms with Crippen LogP contribution < -0.4 is 4.90 Å². The van der Waals surface area contributed by atoms with Crippen molar-refractivity contribution in [2.45, 2.75) is 95.5 Å². The first kappa shape index (κ1) is 35.0. The summed E-state index contributed by atoms with van der Waals surface area (Å²) in [5, 5.41) is 13.3. The maximum atomic E-state index is 13.8. The third-order valence-corrected chi connectivity index (χ3v) is 9.11. The zero-order valence-electron chi connectivity index (χ0n) is 26.5. The van der Waals surface area contributed by atoms with Crippen molar-refractivity contribution in [2.75, 3.05) is 4.90 Å². The number of benzene rings is 1. The summed E-state index contributed by atoms with van der Waals surface area (Å²) in [5.41, 5.74) is -1.73. The monoisotopic (exact) mass is 682 g/mol. The third-order valence-electron chi connectivity index (χ3n) is 9.11. The number of carboxylic acid groups (broad SMARTS) is 1. The highest BCUT2D eigenvalue weighted by molar-refractivity contribution is 5.72. The minimum Gasteiger partial charge on any atom is -0.481 e. The van der Waals surface area contributed by atoms with Crippen LogP contribution in [-0.2, 0) is 35.5 Å². The minimum atomic E-state index is -5.01. The van der Waals surface area contributed by atoms with E-state index in [-0.39, 0.29) is 49.0 Å². The number of carbonyl (C=O) groups excluding carboxylic acids is 1. The molecule has 2 fully saturated rings. The van der Waals surface area contributed by atoms with E-state index < -0.39 is 53.6 Å². The molecule has 3 atom stereocenters. The Hall–Kier alpha value is -4.37. The number of alkyl halides is 6. The molecular weight excluding hydrogens is 646 g/mol. The van der Waals surface area contributed by atoms with Crippen molar-refractivity contribution in [1.82, 2.24) is 24.6 Å². The van der Waals surface area contributed by atoms with E-state index in [2.05, 4.69) is 15.1 Å². The van der Waals surface area contributed by atoms with E-state index in [1.807, 2.05) is 13.8 Å². The average Bonchev–Trinajstić information content (AvgIpc) is 3.45. The summed E-state index contributed by atoms with van der Waals surface area (Å²) in [5.74, 6) is -1.40. The van der Waals surface area contributed by atoms with Gasteiger partial charge in [0.05, 0.1) is 23.2 Å². The second-order valence-electron chi connectivity index (χ2n) is 12.4. The molecule has 5 rings (SSSR count). The van der Waals surface area contributed by atoms with Gasteiger partial charge >= 0.3 is 24.4 Å². The highest BCUT2D eigenvalue weighted by Crippen LogP contribution is 2.39. The zero-order valence-corrected chi connectivity index (χ0v) is 26.5. The molecule has 48 heavy (non-hydrogen) atoms. The second-order valence-corrected chi connectivity index (χ2v) is 12.4. The van der Waals surface area contributed by atoms with Gasteiger partial charge in [0.25, 0.3) is 0 Å². The van der Waals surface area contributed by atoms with Crippen molar-refractivity contribution in [3.05, 3.63) is 59.7 Å². The van der Waals surface area contributed by atoms with Gasteiger partial charge in [0.15, 0.2) is 0 Å². The number of rotatable bonds is 9. The van der Waals surface area contributed by atoms with Gasteiger partial charge < -0.3 is 19.6 Å². The number of aromatic nitrogens is 4. The summed E-state index contributed by atoms with van der Waals surface area (Å²) in [6.45, 7) is 3.38. The Kier molecular flexibility index (Phi) is 9.92. The average molecular weight is 683 g/mol. The Morgan fingerprint density at radius 1 is 0.896 bits per heavy atom. The fourth-order valence-electron chi connectivity index (χ4n) is 6.46. The number of likely N-dealkylation sites (tertiary alicyclic amines) is 1. The van der Waals surface area contributed by atoms with Crippen LogP contribution in [0.5, 0.6) is 0 Å². The molecule has 0 bridgehead atoms. The predicted molar refractivity (Wildman–Crippen MR) is 161 cm³/mol. The van der Waals surface area contributed by atoms with Crippen LogP contribution in [0, 0.1) is 5.92 Å². The van der Waals surface area contributed by atoms with Gasteiger partial charge in [-0.15, -0.1) is 0 Å². The van der Waals surface area contributed by atoms with Gasteiger partial charge in [-0.1, -0.05) is 13.8 Å². The number of ether oxygens (including phenoxy) is 1. The summed E-state index contributed by atoms with van der Waals surface area (Å²) in [6.07, 6.45) is -2.69. The molecule has 16 heteroatoms. The number of halogens is 6. The number of aliphatic carboxylic acids is 1. The van der Waals surface area contributed by atoms with Gasteiger partial charge in [-0.05, 0) is 62.3 Å². The number of carboxylic acids is 1. The topological polar surface area (TPSA) is 114 Å². The SMILES string of the molecule is CC[C@@H]1CC(N(Cc2cc(C(F)(F)F)cc(C(F)(F)F)c2)c2ncc(-c3cnn(C)c3)cn2)C[C@H](CC)N1C(=O)OC1CC(C(=O)O)C1. The molecule has 260 valence electrons. The Balaban J connectivity index is 1.47. The van der Waals surface area contributed by atoms with Crippen LogP contribution >= 0.6 is 0 Å². The fraction of sp³-hybridized carbons (Fsp3) is 0.531. The Bertz CT molecular complexity index is 1560. The van der Waals surface area contributed by atoms with Gasteiger partial charge in [-0.2, -0.15) is 31.4 Å². The molecule has 1 unspecified atom stereocenters. The molecular formula is C32H36F6N6O4. The highest BCUT2D eigenvalue weighted by atomic mass is 19.4. The Labute approximate surface area is 272 Å². The fourth-order valence-corrected chi connectivity index (χ4v) is 6.46. The number of hydrogen-bond acceptors (Lipinski definition) is 7. The van der Waals surface area contributed by atoms with Crippen molar-refractivity contribution in [3.8, 4) is 11.1 Å². The van der Waals surface area contributed by atoms with E-state index in [0.29, 0.717) is 48.9 Å². The van der Waals surface area contributed by atoms with Crippen LogP contribution in [0.3, 0.4) is 0 Å². The van der Waals surface area contributed by atoms with E-state index in [4.69, 9.17) is 4.74 Å². The molecule has 0 spiro atoms. The van der Waals surface area contributed by atoms with Crippen molar-refractivity contribution < 1.29 is 45.8 Å². The Morgan fingerprint density at radius 2 is 1.46 bits per heavy atom. The van der Waals surface area contributed by atoms with Crippen molar-refractivity contribution in [1.29, 1.82) is 0 Å². The molecule has 3 heterocycles. The quantitative estimate of drug-likeness (QED) is 0.242. The van der Waals surface area contributed by atoms with Crippen LogP contribution in [0.4, 0.5) is 37.1 Å². The minimum absolute atomic E-state index is 0.0954. The molecule has 1 saturated carbocycles. The van der Waals surface area contributed by atoms with Crippen LogP contribution in [0.15, 0.2) is 43.0 Å². The lowest BCUT2D eigenvalue weighted by atomic mass is 9.82. The summed E-state index contributed by atoms with van der Waals surface area (Å²) in [4.78, 5) is 36.8. The molecule has 2 aromatic heterocycles. The first-order valence-corrected chi connectivity index (χ1v) is 15.6. The number of nitrogens with zero attached hydrogens (tertiary/aromatic N) is 6. The van der Waals surface area contributed by atoms with Crippen molar-refractivity contribution in [2.24, 2.45) is 13.0 Å². The predicted octanol–water partition coefficient (Wildman–Crippen LogP) is 6.94. The maximum Gasteiger partial charge on any atom is 0.416 e. The molecule has 1 N–H and O–H groups in total. The van der Waals surface area contributed by atoms with E-state index in [0.717, 1.165) is 0 Å². The lowest BCUT2D eigenvalue weighted by Crippen LogP contribution is -2.57. The number of aryl methyl sites for hydroxylation is 1. The number of hydrogen-bond donors (Lipinski definition) is 1. The molecule has 2 aliphatic rings. The smallest absolute Gasteiger partial charge is 0.416 e. The maximum absolute atomic E-state index is 13.8. The van der Waals surface area contributed by atoms with Crippen molar-refractivity contribution >= 4 is 18.0 Å². The number of amides is 1. The Morgan fingerprint density at radius 3 is 1.92 bits per heavy atom. The molecule has 3 aromatic rings. The van der Waals surface area contributed by atoms with Gasteiger partial charge in [0.1, 0.15) is 6.10 Å². The first-order chi connectivity index (χ1) is 22.6. The van der Waals surface area contributed by atoms with Crippen molar-refractivity contribution in [3.63, 3.8) is 0 Å². The van der Waals surface area contributed by atoms with Gasteiger partial charge in [-0.3, -0.25) is 9.48 Å². The number of piperidine rings is 1. The molecule has 1 saturated heterocycles. The second kappa shape index (κ2) is 13.6. The summed E-state index contributed by atoms with van der Waals surface area (Å²) in [7, 11) is 1.74. The van der Waals surface area contributed by atoms with Crippen LogP contribution in [-0.4, -0.2) is 66.0 Å². The van der Waals surface area contributed by atoms with E-state index in [9.17, 15) is 41.0 Å². The van der Waals surface area contributed by atoms with E-state index >= 15 is 0 Å². The molecule has 0 radical (unpaired) electrons. The number of carbonyl (C=O) groups is 2. The molecule has 1 amide bonds. The standard InChI is InChI=1S/C32H36F6N6O4/c1-4-24-11-26(12-25(5-2)44(24)30(47)48-27-8-19(9-27)28(45)46)43(29-39-13-20(14-40-29)21-15-41-42(3)17-21)16-18-6-22(31(33,34)35)10-23(7-18)32(36,37)38/h6-7,10,13-15,17,19,24-27H,4-5,8-9,11-12,16H2,1-3H3,(H,45,46)/t19?,24-,25+,26?,27?. The molecule has 1 aromatic carbocycles. The summed E-state index contributed by atoms with van der Waals surface area (Å²) in [6, 6.07) is 0.254. The molecule has 1 aliphatic carbocycles. The van der Waals surface area contributed by atoms with Crippen LogP contribution in [0.25, 0.3) is 11.1 Å². The number of anilines is 1. The van der Waals surface area contributed by atoms with E-state index in [1.165, 1.54) is 12.4 Å². The zero-order chi connectivity index (χ0) is 35.0. The largest absolute Gasteiger partial charge is 0.481 e. The van der Waals surface area contributed by atoms with Crippen LogP contribution in [0.1, 0.15) is 69.1 Å². The summed E-state index contributed by atoms with van der Waals surface area (Å²) < 4.78 is 89.8.